The van der Waals surface area contributed by atoms with Crippen LogP contribution in [0.25, 0.3) is 0 Å². The summed E-state index contributed by atoms with van der Waals surface area (Å²) in [6.45, 7) is 5.49. The lowest BCUT2D eigenvalue weighted by molar-refractivity contribution is -0.384. The number of aromatic nitrogens is 2. The Morgan fingerprint density at radius 2 is 2.29 bits per heavy atom. The van der Waals surface area contributed by atoms with Gasteiger partial charge in [-0.25, -0.2) is 4.68 Å². The molecule has 2 N–H and O–H groups in total. The Labute approximate surface area is 81.9 Å². The molecule has 6 heteroatoms. The zero-order valence-electron chi connectivity index (χ0n) is 8.52. The SMILES string of the molecule is CCC(C)n1nc(C)c([N+](=O)[O-])c1N. The van der Waals surface area contributed by atoms with Gasteiger partial charge in [0, 0.05) is 0 Å². The minimum absolute atomic E-state index is 0.0784. The third kappa shape index (κ3) is 1.55. The molecule has 0 saturated carbocycles. The summed E-state index contributed by atoms with van der Waals surface area (Å²) in [5.74, 6) is 0.141. The summed E-state index contributed by atoms with van der Waals surface area (Å²) in [5.41, 5.74) is 5.93. The third-order valence-corrected chi connectivity index (χ3v) is 2.28. The molecule has 0 bridgehead atoms. The van der Waals surface area contributed by atoms with Gasteiger partial charge in [-0.05, 0) is 20.3 Å². The van der Waals surface area contributed by atoms with Crippen molar-refractivity contribution in [3.63, 3.8) is 0 Å². The van der Waals surface area contributed by atoms with E-state index < -0.39 is 4.92 Å². The molecule has 0 aliphatic carbocycles. The number of anilines is 1. The van der Waals surface area contributed by atoms with Crippen LogP contribution in [0.4, 0.5) is 11.5 Å². The predicted octanol–water partition coefficient (Wildman–Crippen LogP) is 1.65. The van der Waals surface area contributed by atoms with E-state index in [-0.39, 0.29) is 17.5 Å². The van der Waals surface area contributed by atoms with Gasteiger partial charge in [0.15, 0.2) is 0 Å². The first-order chi connectivity index (χ1) is 6.49. The van der Waals surface area contributed by atoms with E-state index >= 15 is 0 Å². The summed E-state index contributed by atoms with van der Waals surface area (Å²) in [6, 6.07) is 0.0856. The summed E-state index contributed by atoms with van der Waals surface area (Å²) in [7, 11) is 0. The van der Waals surface area contributed by atoms with Gasteiger partial charge in [0.05, 0.1) is 11.0 Å². The van der Waals surface area contributed by atoms with Crippen LogP contribution in [0.5, 0.6) is 0 Å². The normalized spacial score (nSPS) is 12.8. The summed E-state index contributed by atoms with van der Waals surface area (Å²) in [6.07, 6.45) is 0.836. The molecule has 1 unspecified atom stereocenters. The quantitative estimate of drug-likeness (QED) is 0.591. The van der Waals surface area contributed by atoms with E-state index in [9.17, 15) is 10.1 Å². The van der Waals surface area contributed by atoms with Crippen molar-refractivity contribution >= 4 is 11.5 Å². The Balaban J connectivity index is 3.23. The molecule has 14 heavy (non-hydrogen) atoms. The average molecular weight is 198 g/mol. The van der Waals surface area contributed by atoms with Crippen LogP contribution in [-0.2, 0) is 0 Å². The van der Waals surface area contributed by atoms with Crippen molar-refractivity contribution in [2.75, 3.05) is 5.73 Å². The lowest BCUT2D eigenvalue weighted by Gasteiger charge is -2.09. The standard InChI is InChI=1S/C8H14N4O2/c1-4-5(2)11-8(9)7(12(13)14)6(3)10-11/h5H,4,9H2,1-3H3. The van der Waals surface area contributed by atoms with Crippen LogP contribution in [0.3, 0.4) is 0 Å². The number of hydrogen-bond donors (Lipinski definition) is 1. The van der Waals surface area contributed by atoms with E-state index in [1.54, 1.807) is 6.92 Å². The fourth-order valence-electron chi connectivity index (χ4n) is 1.29. The second-order valence-electron chi connectivity index (χ2n) is 3.28. The second kappa shape index (κ2) is 3.65. The number of nitrogens with zero attached hydrogens (tertiary/aromatic N) is 3. The van der Waals surface area contributed by atoms with Crippen molar-refractivity contribution in [2.24, 2.45) is 0 Å². The number of rotatable bonds is 3. The minimum atomic E-state index is -0.490. The van der Waals surface area contributed by atoms with E-state index in [4.69, 9.17) is 5.73 Å². The first kappa shape index (κ1) is 10.5. The summed E-state index contributed by atoms with van der Waals surface area (Å²) < 4.78 is 1.51. The smallest absolute Gasteiger partial charge is 0.333 e. The lowest BCUT2D eigenvalue weighted by Crippen LogP contribution is -2.09. The van der Waals surface area contributed by atoms with Crippen molar-refractivity contribution in [3.05, 3.63) is 15.8 Å². The van der Waals surface area contributed by atoms with Crippen molar-refractivity contribution in [3.8, 4) is 0 Å². The van der Waals surface area contributed by atoms with E-state index in [0.29, 0.717) is 5.69 Å². The molecule has 1 atom stereocenters. The Kier molecular flexibility index (Phi) is 2.73. The second-order valence-corrected chi connectivity index (χ2v) is 3.28. The highest BCUT2D eigenvalue weighted by Crippen LogP contribution is 2.28. The highest BCUT2D eigenvalue weighted by atomic mass is 16.6. The lowest BCUT2D eigenvalue weighted by atomic mass is 10.3. The fourth-order valence-corrected chi connectivity index (χ4v) is 1.29. The highest BCUT2D eigenvalue weighted by molar-refractivity contribution is 5.56. The van der Waals surface area contributed by atoms with Crippen LogP contribution in [0.2, 0.25) is 0 Å². The van der Waals surface area contributed by atoms with Gasteiger partial charge in [-0.3, -0.25) is 10.1 Å². The summed E-state index contributed by atoms with van der Waals surface area (Å²) in [4.78, 5) is 10.1. The van der Waals surface area contributed by atoms with Crippen molar-refractivity contribution in [1.82, 2.24) is 9.78 Å². The topological polar surface area (TPSA) is 87.0 Å². The van der Waals surface area contributed by atoms with Crippen molar-refractivity contribution in [1.29, 1.82) is 0 Å². The Bertz CT molecular complexity index is 358. The van der Waals surface area contributed by atoms with Gasteiger partial charge in [-0.1, -0.05) is 6.92 Å². The molecule has 0 spiro atoms. The maximum Gasteiger partial charge on any atom is 0.333 e. The van der Waals surface area contributed by atoms with Gasteiger partial charge in [0.25, 0.3) is 0 Å². The Morgan fingerprint density at radius 1 is 1.71 bits per heavy atom. The molecule has 1 aromatic rings. The van der Waals surface area contributed by atoms with Crippen molar-refractivity contribution < 1.29 is 4.92 Å². The molecule has 6 nitrogen and oxygen atoms in total. The molecular weight excluding hydrogens is 184 g/mol. The van der Waals surface area contributed by atoms with E-state index in [2.05, 4.69) is 5.10 Å². The zero-order chi connectivity index (χ0) is 10.9. The van der Waals surface area contributed by atoms with E-state index in [1.165, 1.54) is 4.68 Å². The average Bonchev–Trinajstić information content (AvgIpc) is 2.40. The maximum absolute atomic E-state index is 10.6. The first-order valence-electron chi connectivity index (χ1n) is 4.48. The molecule has 0 aliphatic rings. The Hall–Kier alpha value is -1.59. The van der Waals surface area contributed by atoms with Gasteiger partial charge in [0.2, 0.25) is 5.82 Å². The summed E-state index contributed by atoms with van der Waals surface area (Å²) >= 11 is 0. The van der Waals surface area contributed by atoms with Gasteiger partial charge in [-0.2, -0.15) is 5.10 Å². The molecule has 0 aliphatic heterocycles. The van der Waals surface area contributed by atoms with Gasteiger partial charge < -0.3 is 5.73 Å². The van der Waals surface area contributed by atoms with Gasteiger partial charge >= 0.3 is 5.69 Å². The van der Waals surface area contributed by atoms with E-state index in [1.807, 2.05) is 13.8 Å². The zero-order valence-corrected chi connectivity index (χ0v) is 8.52. The molecular formula is C8H14N4O2. The Morgan fingerprint density at radius 3 is 2.64 bits per heavy atom. The number of nitrogens with two attached hydrogens (primary N) is 1. The van der Waals surface area contributed by atoms with Crippen LogP contribution in [-0.4, -0.2) is 14.7 Å². The molecule has 1 heterocycles. The molecule has 0 saturated heterocycles. The molecule has 1 aromatic heterocycles. The minimum Gasteiger partial charge on any atom is -0.378 e. The molecule has 78 valence electrons. The molecule has 0 aromatic carbocycles. The van der Waals surface area contributed by atoms with Crippen LogP contribution in [0, 0.1) is 17.0 Å². The van der Waals surface area contributed by atoms with E-state index in [0.717, 1.165) is 6.42 Å². The molecule has 0 radical (unpaired) electrons. The number of aryl methyl sites for hydroxylation is 1. The largest absolute Gasteiger partial charge is 0.378 e. The number of nitrogen functional groups attached to an aromatic ring is 1. The van der Waals surface area contributed by atoms with Crippen LogP contribution >= 0.6 is 0 Å². The fraction of sp³-hybridized carbons (Fsp3) is 0.625. The van der Waals surface area contributed by atoms with Crippen molar-refractivity contribution in [2.45, 2.75) is 33.2 Å². The molecule has 1 rings (SSSR count). The summed E-state index contributed by atoms with van der Waals surface area (Å²) in [5, 5.41) is 14.7. The first-order valence-corrected chi connectivity index (χ1v) is 4.48. The highest BCUT2D eigenvalue weighted by Gasteiger charge is 2.24. The predicted molar refractivity (Wildman–Crippen MR) is 53.0 cm³/mol. The van der Waals surface area contributed by atoms with Crippen LogP contribution in [0.15, 0.2) is 0 Å². The van der Waals surface area contributed by atoms with Gasteiger partial charge in [0.1, 0.15) is 5.69 Å². The monoisotopic (exact) mass is 198 g/mol. The van der Waals surface area contributed by atoms with Gasteiger partial charge in [-0.15, -0.1) is 0 Å². The van der Waals surface area contributed by atoms with Crippen LogP contribution < -0.4 is 5.73 Å². The maximum atomic E-state index is 10.6. The molecule has 0 fully saturated rings. The molecule has 0 amide bonds. The number of nitro groups is 1. The third-order valence-electron chi connectivity index (χ3n) is 2.28. The number of hydrogen-bond acceptors (Lipinski definition) is 4. The van der Waals surface area contributed by atoms with Crippen LogP contribution in [0.1, 0.15) is 32.0 Å².